The number of hydrogen-bond donors (Lipinski definition) is 1. The standard InChI is InChI=1S/C11H17N3O2/c12-5-10-6-14-11(7-13-10)16-8-9-1-3-15-4-2-9/h6-7,9H,1-5,8,12H2. The van der Waals surface area contributed by atoms with E-state index in [0.717, 1.165) is 31.7 Å². The van der Waals surface area contributed by atoms with Crippen LogP contribution in [0.4, 0.5) is 0 Å². The SMILES string of the molecule is NCc1cnc(OCC2CCOCC2)cn1. The third-order valence-corrected chi connectivity index (χ3v) is 2.70. The van der Waals surface area contributed by atoms with Gasteiger partial charge in [0, 0.05) is 19.8 Å². The van der Waals surface area contributed by atoms with Crippen LogP contribution in [0.15, 0.2) is 12.4 Å². The molecular formula is C11H17N3O2. The van der Waals surface area contributed by atoms with E-state index in [-0.39, 0.29) is 0 Å². The minimum atomic E-state index is 0.410. The summed E-state index contributed by atoms with van der Waals surface area (Å²) in [4.78, 5) is 8.26. The van der Waals surface area contributed by atoms with Crippen LogP contribution >= 0.6 is 0 Å². The van der Waals surface area contributed by atoms with Gasteiger partial charge in [0.2, 0.25) is 5.88 Å². The summed E-state index contributed by atoms with van der Waals surface area (Å²) in [5, 5.41) is 0. The molecule has 2 N–H and O–H groups in total. The molecule has 88 valence electrons. The van der Waals surface area contributed by atoms with Gasteiger partial charge in [-0.1, -0.05) is 0 Å². The normalized spacial score (nSPS) is 17.3. The van der Waals surface area contributed by atoms with Crippen LogP contribution in [-0.4, -0.2) is 29.8 Å². The fraction of sp³-hybridized carbons (Fsp3) is 0.636. The van der Waals surface area contributed by atoms with Gasteiger partial charge in [-0.25, -0.2) is 4.98 Å². The second-order valence-corrected chi connectivity index (χ2v) is 3.92. The van der Waals surface area contributed by atoms with Crippen LogP contribution in [0.25, 0.3) is 0 Å². The van der Waals surface area contributed by atoms with Crippen molar-refractivity contribution in [2.45, 2.75) is 19.4 Å². The number of aromatic nitrogens is 2. The van der Waals surface area contributed by atoms with Gasteiger partial charge >= 0.3 is 0 Å². The second kappa shape index (κ2) is 5.77. The Balaban J connectivity index is 1.79. The van der Waals surface area contributed by atoms with Crippen LogP contribution in [0.2, 0.25) is 0 Å². The van der Waals surface area contributed by atoms with Gasteiger partial charge in [-0.15, -0.1) is 0 Å². The summed E-state index contributed by atoms with van der Waals surface area (Å²) in [7, 11) is 0. The molecule has 0 spiro atoms. The lowest BCUT2D eigenvalue weighted by Gasteiger charge is -2.21. The molecule has 1 aromatic heterocycles. The average molecular weight is 223 g/mol. The summed E-state index contributed by atoms with van der Waals surface area (Å²) in [6, 6.07) is 0. The molecule has 2 rings (SSSR count). The van der Waals surface area contributed by atoms with E-state index >= 15 is 0 Å². The summed E-state index contributed by atoms with van der Waals surface area (Å²) in [5.41, 5.74) is 6.21. The Morgan fingerprint density at radius 3 is 2.75 bits per heavy atom. The van der Waals surface area contributed by atoms with E-state index in [1.165, 1.54) is 0 Å². The van der Waals surface area contributed by atoms with Crippen LogP contribution in [0.1, 0.15) is 18.5 Å². The molecular weight excluding hydrogens is 206 g/mol. The van der Waals surface area contributed by atoms with Crippen LogP contribution in [0.3, 0.4) is 0 Å². The molecule has 2 heterocycles. The molecule has 1 saturated heterocycles. The highest BCUT2D eigenvalue weighted by Gasteiger charge is 2.14. The molecule has 0 radical (unpaired) electrons. The summed E-state index contributed by atoms with van der Waals surface area (Å²) >= 11 is 0. The van der Waals surface area contributed by atoms with Gasteiger partial charge in [0.1, 0.15) is 0 Å². The van der Waals surface area contributed by atoms with Gasteiger partial charge in [-0.3, -0.25) is 4.98 Å². The molecule has 0 atom stereocenters. The fourth-order valence-corrected chi connectivity index (χ4v) is 1.64. The molecule has 0 amide bonds. The summed E-state index contributed by atoms with van der Waals surface area (Å²) < 4.78 is 10.9. The molecule has 5 nitrogen and oxygen atoms in total. The van der Waals surface area contributed by atoms with E-state index in [0.29, 0.717) is 24.9 Å². The zero-order valence-electron chi connectivity index (χ0n) is 9.26. The van der Waals surface area contributed by atoms with Gasteiger partial charge in [0.25, 0.3) is 0 Å². The van der Waals surface area contributed by atoms with Crippen molar-refractivity contribution in [2.75, 3.05) is 19.8 Å². The highest BCUT2D eigenvalue weighted by atomic mass is 16.5. The zero-order valence-corrected chi connectivity index (χ0v) is 9.26. The molecule has 16 heavy (non-hydrogen) atoms. The molecule has 1 aromatic rings. The predicted molar refractivity (Wildman–Crippen MR) is 59.0 cm³/mol. The van der Waals surface area contributed by atoms with Crippen LogP contribution in [0, 0.1) is 5.92 Å². The van der Waals surface area contributed by atoms with Gasteiger partial charge in [-0.2, -0.15) is 0 Å². The maximum absolute atomic E-state index is 5.57. The second-order valence-electron chi connectivity index (χ2n) is 3.92. The number of nitrogens with two attached hydrogens (primary N) is 1. The van der Waals surface area contributed by atoms with Crippen LogP contribution in [0.5, 0.6) is 5.88 Å². The van der Waals surface area contributed by atoms with Crippen LogP contribution < -0.4 is 10.5 Å². The maximum Gasteiger partial charge on any atom is 0.232 e. The Morgan fingerprint density at radius 2 is 2.12 bits per heavy atom. The minimum absolute atomic E-state index is 0.410. The lowest BCUT2D eigenvalue weighted by atomic mass is 10.0. The topological polar surface area (TPSA) is 70.3 Å². The van der Waals surface area contributed by atoms with E-state index in [9.17, 15) is 0 Å². The van der Waals surface area contributed by atoms with Crippen molar-refractivity contribution in [3.05, 3.63) is 18.1 Å². The lowest BCUT2D eigenvalue weighted by molar-refractivity contribution is 0.0489. The van der Waals surface area contributed by atoms with Gasteiger partial charge in [0.05, 0.1) is 24.7 Å². The molecule has 1 aliphatic rings. The highest BCUT2D eigenvalue weighted by Crippen LogP contribution is 2.16. The molecule has 1 fully saturated rings. The van der Waals surface area contributed by atoms with Crippen molar-refractivity contribution in [1.82, 2.24) is 9.97 Å². The smallest absolute Gasteiger partial charge is 0.232 e. The average Bonchev–Trinajstić information content (AvgIpc) is 2.38. The van der Waals surface area contributed by atoms with Crippen molar-refractivity contribution in [1.29, 1.82) is 0 Å². The first-order valence-electron chi connectivity index (χ1n) is 5.60. The largest absolute Gasteiger partial charge is 0.476 e. The first kappa shape index (κ1) is 11.3. The number of ether oxygens (including phenoxy) is 2. The van der Waals surface area contributed by atoms with Gasteiger partial charge in [0.15, 0.2) is 0 Å². The van der Waals surface area contributed by atoms with Crippen molar-refractivity contribution < 1.29 is 9.47 Å². The van der Waals surface area contributed by atoms with E-state index in [2.05, 4.69) is 9.97 Å². The molecule has 0 saturated carbocycles. The summed E-state index contributed by atoms with van der Waals surface area (Å²) in [6.07, 6.45) is 5.41. The molecule has 0 aromatic carbocycles. The Labute approximate surface area is 95.0 Å². The Morgan fingerprint density at radius 1 is 1.31 bits per heavy atom. The van der Waals surface area contributed by atoms with Gasteiger partial charge in [-0.05, 0) is 18.8 Å². The van der Waals surface area contributed by atoms with Crippen molar-refractivity contribution in [2.24, 2.45) is 11.7 Å². The molecule has 0 aliphatic carbocycles. The first-order chi connectivity index (χ1) is 7.88. The predicted octanol–water partition coefficient (Wildman–Crippen LogP) is 0.741. The van der Waals surface area contributed by atoms with E-state index in [1.54, 1.807) is 12.4 Å². The quantitative estimate of drug-likeness (QED) is 0.815. The first-order valence-corrected chi connectivity index (χ1v) is 5.60. The van der Waals surface area contributed by atoms with Crippen molar-refractivity contribution in [3.8, 4) is 5.88 Å². The van der Waals surface area contributed by atoms with Crippen molar-refractivity contribution in [3.63, 3.8) is 0 Å². The van der Waals surface area contributed by atoms with Crippen molar-refractivity contribution >= 4 is 0 Å². The van der Waals surface area contributed by atoms with E-state index in [1.807, 2.05) is 0 Å². The van der Waals surface area contributed by atoms with Crippen LogP contribution in [-0.2, 0) is 11.3 Å². The number of nitrogens with zero attached hydrogens (tertiary/aromatic N) is 2. The minimum Gasteiger partial charge on any atom is -0.476 e. The monoisotopic (exact) mass is 223 g/mol. The zero-order chi connectivity index (χ0) is 11.2. The Hall–Kier alpha value is -1.20. The Kier molecular flexibility index (Phi) is 4.07. The summed E-state index contributed by atoms with van der Waals surface area (Å²) in [5.74, 6) is 1.15. The third-order valence-electron chi connectivity index (χ3n) is 2.70. The third kappa shape index (κ3) is 3.15. The maximum atomic E-state index is 5.57. The molecule has 0 bridgehead atoms. The lowest BCUT2D eigenvalue weighted by Crippen LogP contribution is -2.21. The van der Waals surface area contributed by atoms with E-state index in [4.69, 9.17) is 15.2 Å². The van der Waals surface area contributed by atoms with E-state index < -0.39 is 0 Å². The summed E-state index contributed by atoms with van der Waals surface area (Å²) in [6.45, 7) is 2.78. The number of rotatable bonds is 4. The Bertz CT molecular complexity index is 310. The fourth-order valence-electron chi connectivity index (χ4n) is 1.64. The number of hydrogen-bond acceptors (Lipinski definition) is 5. The molecule has 1 aliphatic heterocycles. The van der Waals surface area contributed by atoms with Gasteiger partial charge < -0.3 is 15.2 Å². The highest BCUT2D eigenvalue weighted by molar-refractivity contribution is 5.06. The molecule has 5 heteroatoms. The molecule has 0 unspecified atom stereocenters.